The fourth-order valence-corrected chi connectivity index (χ4v) is 1.14. The van der Waals surface area contributed by atoms with Crippen LogP contribution in [-0.2, 0) is 0 Å². The molecule has 1 rings (SSSR count). The zero-order valence-electron chi connectivity index (χ0n) is 7.26. The molecule has 1 atom stereocenters. The van der Waals surface area contributed by atoms with Gasteiger partial charge in [0, 0.05) is 11.8 Å². The third kappa shape index (κ3) is 2.28. The Kier molecular flexibility index (Phi) is 3.43. The Morgan fingerprint density at radius 3 is 2.69 bits per heavy atom. The van der Waals surface area contributed by atoms with Crippen molar-refractivity contribution in [2.75, 3.05) is 5.88 Å². The number of carbonyl (C=O) groups excluding carboxylic acids is 1. The van der Waals surface area contributed by atoms with E-state index >= 15 is 0 Å². The summed E-state index contributed by atoms with van der Waals surface area (Å²) >= 11 is 5.51. The summed E-state index contributed by atoms with van der Waals surface area (Å²) in [7, 11) is 0. The number of hydrogen-bond acceptors (Lipinski definition) is 1. The van der Waals surface area contributed by atoms with Crippen molar-refractivity contribution in [1.29, 1.82) is 0 Å². The second-order valence-electron chi connectivity index (χ2n) is 2.90. The van der Waals surface area contributed by atoms with Crippen LogP contribution in [0.5, 0.6) is 0 Å². The summed E-state index contributed by atoms with van der Waals surface area (Å²) < 4.78 is 13.1. The minimum atomic E-state index is -0.482. The Labute approximate surface area is 81.5 Å². The lowest BCUT2D eigenvalue weighted by atomic mass is 10.0. The number of Topliss-reactive ketones (excluding diaryl/α,β-unsaturated/α-hetero) is 1. The highest BCUT2D eigenvalue weighted by molar-refractivity contribution is 6.20. The number of alkyl halides is 1. The average molecular weight is 201 g/mol. The van der Waals surface area contributed by atoms with Crippen LogP contribution >= 0.6 is 11.6 Å². The van der Waals surface area contributed by atoms with Gasteiger partial charge in [0.25, 0.3) is 0 Å². The van der Waals surface area contributed by atoms with Crippen molar-refractivity contribution >= 4 is 17.4 Å². The standard InChI is InChI=1S/C10H10ClFO/c1-7(6-11)10(13)8-4-2-3-5-9(8)12/h2-5,7H,6H2,1H3. The van der Waals surface area contributed by atoms with Gasteiger partial charge in [-0.15, -0.1) is 11.6 Å². The molecule has 3 heteroatoms. The van der Waals surface area contributed by atoms with Crippen molar-refractivity contribution in [2.24, 2.45) is 5.92 Å². The molecule has 0 saturated heterocycles. The highest BCUT2D eigenvalue weighted by Gasteiger charge is 2.16. The molecule has 0 amide bonds. The van der Waals surface area contributed by atoms with Gasteiger partial charge in [-0.05, 0) is 12.1 Å². The zero-order chi connectivity index (χ0) is 9.84. The molecule has 0 aliphatic heterocycles. The van der Waals surface area contributed by atoms with E-state index in [4.69, 9.17) is 11.6 Å². The minimum absolute atomic E-state index is 0.121. The molecule has 0 bridgehead atoms. The molecule has 0 heterocycles. The van der Waals surface area contributed by atoms with Crippen LogP contribution < -0.4 is 0 Å². The lowest BCUT2D eigenvalue weighted by Gasteiger charge is -2.06. The molecule has 0 N–H and O–H groups in total. The van der Waals surface area contributed by atoms with Gasteiger partial charge >= 0.3 is 0 Å². The molecule has 0 aliphatic rings. The maximum absolute atomic E-state index is 13.1. The largest absolute Gasteiger partial charge is 0.294 e. The fraction of sp³-hybridized carbons (Fsp3) is 0.300. The summed E-state index contributed by atoms with van der Waals surface area (Å²) in [6, 6.07) is 5.93. The van der Waals surface area contributed by atoms with E-state index in [0.717, 1.165) is 0 Å². The maximum atomic E-state index is 13.1. The first-order valence-corrected chi connectivity index (χ1v) is 4.55. The molecule has 1 aromatic carbocycles. The smallest absolute Gasteiger partial charge is 0.169 e. The molecule has 0 aliphatic carbocycles. The third-order valence-corrected chi connectivity index (χ3v) is 2.28. The van der Waals surface area contributed by atoms with Gasteiger partial charge in [-0.2, -0.15) is 0 Å². The van der Waals surface area contributed by atoms with Gasteiger partial charge in [-0.25, -0.2) is 4.39 Å². The van der Waals surface area contributed by atoms with Gasteiger partial charge in [0.05, 0.1) is 5.56 Å². The Morgan fingerprint density at radius 1 is 1.54 bits per heavy atom. The summed E-state index contributed by atoms with van der Waals surface area (Å²) in [6.07, 6.45) is 0. The number of rotatable bonds is 3. The Morgan fingerprint density at radius 2 is 2.15 bits per heavy atom. The molecule has 0 saturated carbocycles. The fourth-order valence-electron chi connectivity index (χ4n) is 0.997. The molecule has 70 valence electrons. The summed E-state index contributed by atoms with van der Waals surface area (Å²) in [6.45, 7) is 1.68. The molecule has 0 radical (unpaired) electrons. The van der Waals surface area contributed by atoms with Crippen molar-refractivity contribution < 1.29 is 9.18 Å². The number of benzene rings is 1. The first-order valence-electron chi connectivity index (χ1n) is 4.01. The molecule has 1 nitrogen and oxygen atoms in total. The van der Waals surface area contributed by atoms with Gasteiger partial charge < -0.3 is 0 Å². The second kappa shape index (κ2) is 4.38. The van der Waals surface area contributed by atoms with Crippen LogP contribution in [0.2, 0.25) is 0 Å². The van der Waals surface area contributed by atoms with E-state index in [-0.39, 0.29) is 23.1 Å². The molecular formula is C10H10ClFO. The van der Waals surface area contributed by atoms with Crippen LogP contribution in [0, 0.1) is 11.7 Å². The molecule has 1 aromatic rings. The van der Waals surface area contributed by atoms with Gasteiger partial charge in [0.2, 0.25) is 0 Å². The van der Waals surface area contributed by atoms with Crippen LogP contribution in [0.25, 0.3) is 0 Å². The van der Waals surface area contributed by atoms with Gasteiger partial charge in [0.1, 0.15) is 5.82 Å². The average Bonchev–Trinajstić information content (AvgIpc) is 2.16. The maximum Gasteiger partial charge on any atom is 0.169 e. The van der Waals surface area contributed by atoms with Crippen LogP contribution in [0.3, 0.4) is 0 Å². The predicted molar refractivity (Wildman–Crippen MR) is 50.6 cm³/mol. The van der Waals surface area contributed by atoms with Crippen LogP contribution in [0.15, 0.2) is 24.3 Å². The van der Waals surface area contributed by atoms with Crippen LogP contribution in [0.4, 0.5) is 4.39 Å². The van der Waals surface area contributed by atoms with Crippen molar-refractivity contribution in [1.82, 2.24) is 0 Å². The highest BCUT2D eigenvalue weighted by Crippen LogP contribution is 2.13. The zero-order valence-corrected chi connectivity index (χ0v) is 8.01. The minimum Gasteiger partial charge on any atom is -0.294 e. The Balaban J connectivity index is 2.95. The molecule has 0 aromatic heterocycles. The molecule has 0 spiro atoms. The summed E-state index contributed by atoms with van der Waals surface area (Å²) in [4.78, 5) is 11.5. The summed E-state index contributed by atoms with van der Waals surface area (Å²) in [5, 5.41) is 0. The SMILES string of the molecule is CC(CCl)C(=O)c1ccccc1F. The topological polar surface area (TPSA) is 17.1 Å². The second-order valence-corrected chi connectivity index (χ2v) is 3.21. The van der Waals surface area contributed by atoms with Crippen molar-refractivity contribution in [2.45, 2.75) is 6.92 Å². The van der Waals surface area contributed by atoms with Gasteiger partial charge in [-0.1, -0.05) is 19.1 Å². The van der Waals surface area contributed by atoms with Crippen LogP contribution in [0.1, 0.15) is 17.3 Å². The monoisotopic (exact) mass is 200 g/mol. The van der Waals surface area contributed by atoms with Crippen molar-refractivity contribution in [3.63, 3.8) is 0 Å². The quantitative estimate of drug-likeness (QED) is 0.542. The van der Waals surface area contributed by atoms with E-state index in [1.54, 1.807) is 19.1 Å². The molecular weight excluding hydrogens is 191 g/mol. The summed E-state index contributed by atoms with van der Waals surface area (Å²) in [5.41, 5.74) is 0.121. The first-order chi connectivity index (χ1) is 6.16. The van der Waals surface area contributed by atoms with E-state index in [0.29, 0.717) is 0 Å². The van der Waals surface area contributed by atoms with Crippen molar-refractivity contribution in [3.8, 4) is 0 Å². The van der Waals surface area contributed by atoms with E-state index < -0.39 is 5.82 Å². The van der Waals surface area contributed by atoms with Crippen LogP contribution in [-0.4, -0.2) is 11.7 Å². The first kappa shape index (κ1) is 10.2. The lowest BCUT2D eigenvalue weighted by molar-refractivity contribution is 0.0937. The highest BCUT2D eigenvalue weighted by atomic mass is 35.5. The van der Waals surface area contributed by atoms with E-state index in [2.05, 4.69) is 0 Å². The van der Waals surface area contributed by atoms with E-state index in [1.807, 2.05) is 0 Å². The Bertz CT molecular complexity index is 312. The molecule has 0 fully saturated rings. The van der Waals surface area contributed by atoms with Gasteiger partial charge in [0.15, 0.2) is 5.78 Å². The Hall–Kier alpha value is -0.890. The lowest BCUT2D eigenvalue weighted by Crippen LogP contribution is -2.14. The number of hydrogen-bond donors (Lipinski definition) is 0. The van der Waals surface area contributed by atoms with E-state index in [1.165, 1.54) is 12.1 Å². The van der Waals surface area contributed by atoms with Crippen molar-refractivity contribution in [3.05, 3.63) is 35.6 Å². The molecule has 1 unspecified atom stereocenters. The third-order valence-electron chi connectivity index (χ3n) is 1.82. The normalized spacial score (nSPS) is 12.5. The molecule has 13 heavy (non-hydrogen) atoms. The number of carbonyl (C=O) groups is 1. The number of halogens is 2. The number of ketones is 1. The van der Waals surface area contributed by atoms with E-state index in [9.17, 15) is 9.18 Å². The summed E-state index contributed by atoms with van der Waals surface area (Å²) in [5.74, 6) is -0.844. The predicted octanol–water partition coefficient (Wildman–Crippen LogP) is 2.88. The van der Waals surface area contributed by atoms with Gasteiger partial charge in [-0.3, -0.25) is 4.79 Å².